The summed E-state index contributed by atoms with van der Waals surface area (Å²) in [7, 11) is 0. The molecule has 0 aromatic carbocycles. The number of rotatable bonds is 1. The first kappa shape index (κ1) is 9.03. The molecule has 2 N–H and O–H groups in total. The highest BCUT2D eigenvalue weighted by Crippen LogP contribution is 2.24. The van der Waals surface area contributed by atoms with Crippen molar-refractivity contribution in [1.82, 2.24) is 9.78 Å². The van der Waals surface area contributed by atoms with E-state index in [1.165, 1.54) is 6.20 Å². The van der Waals surface area contributed by atoms with Crippen LogP contribution >= 0.6 is 0 Å². The van der Waals surface area contributed by atoms with Crippen LogP contribution in [0.15, 0.2) is 6.20 Å². The molecule has 0 amide bonds. The number of ether oxygens (including phenoxy) is 1. The molecule has 5 heteroatoms. The maximum atomic E-state index is 8.72. The Balaban J connectivity index is 2.23. The van der Waals surface area contributed by atoms with E-state index >= 15 is 0 Å². The molecule has 5 nitrogen and oxygen atoms in total. The number of nitrogens with two attached hydrogens (primary N) is 1. The van der Waals surface area contributed by atoms with Crippen molar-refractivity contribution < 1.29 is 4.74 Å². The maximum Gasteiger partial charge on any atom is 0.140 e. The number of hydrogen-bond acceptors (Lipinski definition) is 4. The fourth-order valence-electron chi connectivity index (χ4n) is 1.68. The van der Waals surface area contributed by atoms with Gasteiger partial charge in [0.15, 0.2) is 0 Å². The van der Waals surface area contributed by atoms with Crippen LogP contribution in [0.3, 0.4) is 0 Å². The van der Waals surface area contributed by atoms with Crippen molar-refractivity contribution >= 4 is 5.82 Å². The van der Waals surface area contributed by atoms with E-state index in [1.54, 1.807) is 4.68 Å². The van der Waals surface area contributed by atoms with E-state index in [4.69, 9.17) is 15.7 Å². The molecule has 0 aliphatic carbocycles. The summed E-state index contributed by atoms with van der Waals surface area (Å²) in [6.07, 6.45) is 3.35. The highest BCUT2D eigenvalue weighted by Gasteiger charge is 2.19. The van der Waals surface area contributed by atoms with Gasteiger partial charge in [0.05, 0.1) is 12.2 Å². The van der Waals surface area contributed by atoms with E-state index in [0.29, 0.717) is 11.4 Å². The number of aromatic nitrogens is 2. The van der Waals surface area contributed by atoms with Crippen molar-refractivity contribution in [2.45, 2.75) is 18.9 Å². The predicted molar refractivity (Wildman–Crippen MR) is 50.4 cm³/mol. The summed E-state index contributed by atoms with van der Waals surface area (Å²) < 4.78 is 6.98. The third kappa shape index (κ3) is 1.44. The Morgan fingerprint density at radius 1 is 1.57 bits per heavy atom. The van der Waals surface area contributed by atoms with Crippen LogP contribution in [-0.2, 0) is 4.74 Å². The second-order valence-corrected chi connectivity index (χ2v) is 3.34. The van der Waals surface area contributed by atoms with Gasteiger partial charge in [-0.1, -0.05) is 0 Å². The van der Waals surface area contributed by atoms with E-state index in [-0.39, 0.29) is 6.04 Å². The normalized spacial score (nSPS) is 17.9. The Hall–Kier alpha value is -1.54. The van der Waals surface area contributed by atoms with Crippen LogP contribution in [0.1, 0.15) is 24.4 Å². The zero-order valence-corrected chi connectivity index (χ0v) is 7.81. The highest BCUT2D eigenvalue weighted by molar-refractivity contribution is 5.47. The highest BCUT2D eigenvalue weighted by atomic mass is 16.5. The van der Waals surface area contributed by atoms with Crippen LogP contribution in [0, 0.1) is 11.3 Å². The van der Waals surface area contributed by atoms with Crippen molar-refractivity contribution in [3.63, 3.8) is 0 Å². The number of nitrogens with zero attached hydrogens (tertiary/aromatic N) is 3. The minimum Gasteiger partial charge on any atom is -0.383 e. The molecular formula is C9H12N4O. The van der Waals surface area contributed by atoms with Gasteiger partial charge in [-0.25, -0.2) is 4.68 Å². The quantitative estimate of drug-likeness (QED) is 0.710. The molecule has 2 heterocycles. The molecule has 0 bridgehead atoms. The van der Waals surface area contributed by atoms with Gasteiger partial charge in [-0.2, -0.15) is 10.4 Å². The fraction of sp³-hybridized carbons (Fsp3) is 0.556. The largest absolute Gasteiger partial charge is 0.383 e. The molecule has 0 saturated carbocycles. The number of nitriles is 1. The summed E-state index contributed by atoms with van der Waals surface area (Å²) in [4.78, 5) is 0. The number of nitrogen functional groups attached to an aromatic ring is 1. The molecule has 0 atom stereocenters. The lowest BCUT2D eigenvalue weighted by molar-refractivity contribution is 0.0669. The second-order valence-electron chi connectivity index (χ2n) is 3.34. The van der Waals surface area contributed by atoms with E-state index in [9.17, 15) is 0 Å². The van der Waals surface area contributed by atoms with E-state index in [1.807, 2.05) is 6.07 Å². The maximum absolute atomic E-state index is 8.72. The topological polar surface area (TPSA) is 76.9 Å². The molecule has 1 saturated heterocycles. The fourth-order valence-corrected chi connectivity index (χ4v) is 1.68. The first-order valence-corrected chi connectivity index (χ1v) is 4.63. The van der Waals surface area contributed by atoms with Gasteiger partial charge in [0, 0.05) is 13.2 Å². The molecule has 0 spiro atoms. The smallest absolute Gasteiger partial charge is 0.140 e. The Labute approximate surface area is 82.1 Å². The van der Waals surface area contributed by atoms with Gasteiger partial charge in [0.25, 0.3) is 0 Å². The lowest BCUT2D eigenvalue weighted by Crippen LogP contribution is -2.21. The Morgan fingerprint density at radius 2 is 2.29 bits per heavy atom. The predicted octanol–water partition coefficient (Wildman–Crippen LogP) is 0.688. The standard InChI is InChI=1S/C9H12N4O/c10-5-7-6-12-13(9(7)11)8-1-3-14-4-2-8/h6,8H,1-4,11H2. The van der Waals surface area contributed by atoms with Crippen LogP contribution in [0.2, 0.25) is 0 Å². The molecule has 1 aliphatic heterocycles. The molecule has 1 aliphatic rings. The molecule has 1 fully saturated rings. The average Bonchev–Trinajstić information content (AvgIpc) is 2.61. The third-order valence-electron chi connectivity index (χ3n) is 2.49. The van der Waals surface area contributed by atoms with Gasteiger partial charge in [0.1, 0.15) is 17.5 Å². The Morgan fingerprint density at radius 3 is 2.86 bits per heavy atom. The molecule has 0 radical (unpaired) electrons. The molecular weight excluding hydrogens is 180 g/mol. The first-order chi connectivity index (χ1) is 6.83. The summed E-state index contributed by atoms with van der Waals surface area (Å²) in [6, 6.07) is 2.30. The SMILES string of the molecule is N#Cc1cnn(C2CCOCC2)c1N. The van der Waals surface area contributed by atoms with Crippen molar-refractivity contribution in [1.29, 1.82) is 5.26 Å². The number of anilines is 1. The van der Waals surface area contributed by atoms with Crippen LogP contribution in [0.25, 0.3) is 0 Å². The van der Waals surface area contributed by atoms with Gasteiger partial charge in [-0.3, -0.25) is 0 Å². The van der Waals surface area contributed by atoms with Crippen molar-refractivity contribution in [2.75, 3.05) is 18.9 Å². The van der Waals surface area contributed by atoms with Crippen molar-refractivity contribution in [3.8, 4) is 6.07 Å². The van der Waals surface area contributed by atoms with Gasteiger partial charge < -0.3 is 10.5 Å². The monoisotopic (exact) mass is 192 g/mol. The summed E-state index contributed by atoms with van der Waals surface area (Å²) in [6.45, 7) is 1.48. The van der Waals surface area contributed by atoms with Crippen molar-refractivity contribution in [2.24, 2.45) is 0 Å². The lowest BCUT2D eigenvalue weighted by Gasteiger charge is -2.23. The Bertz CT molecular complexity index is 359. The number of hydrogen-bond donors (Lipinski definition) is 1. The zero-order chi connectivity index (χ0) is 9.97. The molecule has 0 unspecified atom stereocenters. The van der Waals surface area contributed by atoms with Crippen LogP contribution in [-0.4, -0.2) is 23.0 Å². The van der Waals surface area contributed by atoms with Gasteiger partial charge in [-0.05, 0) is 12.8 Å². The van der Waals surface area contributed by atoms with Crippen LogP contribution in [0.4, 0.5) is 5.82 Å². The summed E-state index contributed by atoms with van der Waals surface area (Å²) in [5.74, 6) is 0.472. The lowest BCUT2D eigenvalue weighted by atomic mass is 10.1. The van der Waals surface area contributed by atoms with Crippen LogP contribution in [0.5, 0.6) is 0 Å². The Kier molecular flexibility index (Phi) is 2.37. The minimum atomic E-state index is 0.283. The third-order valence-corrected chi connectivity index (χ3v) is 2.49. The molecule has 14 heavy (non-hydrogen) atoms. The second kappa shape index (κ2) is 3.68. The molecule has 1 aromatic rings. The molecule has 1 aromatic heterocycles. The summed E-state index contributed by atoms with van der Waals surface area (Å²) >= 11 is 0. The van der Waals surface area contributed by atoms with Gasteiger partial charge >= 0.3 is 0 Å². The molecule has 2 rings (SSSR count). The van der Waals surface area contributed by atoms with E-state index < -0.39 is 0 Å². The minimum absolute atomic E-state index is 0.283. The molecule has 74 valence electrons. The van der Waals surface area contributed by atoms with Crippen LogP contribution < -0.4 is 5.73 Å². The average molecular weight is 192 g/mol. The first-order valence-electron chi connectivity index (χ1n) is 4.63. The van der Waals surface area contributed by atoms with Crippen molar-refractivity contribution in [3.05, 3.63) is 11.8 Å². The zero-order valence-electron chi connectivity index (χ0n) is 7.81. The summed E-state index contributed by atoms with van der Waals surface area (Å²) in [5, 5.41) is 12.8. The van der Waals surface area contributed by atoms with E-state index in [0.717, 1.165) is 26.1 Å². The van der Waals surface area contributed by atoms with E-state index in [2.05, 4.69) is 5.10 Å². The van der Waals surface area contributed by atoms with Gasteiger partial charge in [0.2, 0.25) is 0 Å². The summed E-state index contributed by atoms with van der Waals surface area (Å²) in [5.41, 5.74) is 6.24. The van der Waals surface area contributed by atoms with Gasteiger partial charge in [-0.15, -0.1) is 0 Å².